The van der Waals surface area contributed by atoms with Crippen molar-refractivity contribution in [2.45, 2.75) is 46.4 Å². The fourth-order valence-corrected chi connectivity index (χ4v) is 2.61. The van der Waals surface area contributed by atoms with Crippen LogP contribution in [0.2, 0.25) is 0 Å². The van der Waals surface area contributed by atoms with E-state index in [0.717, 1.165) is 16.9 Å². The summed E-state index contributed by atoms with van der Waals surface area (Å²) >= 11 is 0. The molecule has 0 aliphatic carbocycles. The van der Waals surface area contributed by atoms with Crippen molar-refractivity contribution in [1.29, 1.82) is 0 Å². The highest BCUT2D eigenvalue weighted by atomic mass is 16.5. The zero-order chi connectivity index (χ0) is 19.8. The molecule has 0 aromatic heterocycles. The van der Waals surface area contributed by atoms with Crippen molar-refractivity contribution >= 4 is 17.6 Å². The Balaban J connectivity index is 1.93. The van der Waals surface area contributed by atoms with E-state index in [4.69, 9.17) is 4.74 Å². The highest BCUT2D eigenvalue weighted by molar-refractivity contribution is 5.88. The largest absolute Gasteiger partial charge is 0.491 e. The lowest BCUT2D eigenvalue weighted by Crippen LogP contribution is -2.36. The quantitative estimate of drug-likeness (QED) is 0.690. The van der Waals surface area contributed by atoms with Crippen LogP contribution in [0.15, 0.2) is 48.5 Å². The van der Waals surface area contributed by atoms with Gasteiger partial charge in [-0.25, -0.2) is 4.79 Å². The summed E-state index contributed by atoms with van der Waals surface area (Å²) in [7, 11) is 0. The second-order valence-electron chi connectivity index (χ2n) is 6.63. The zero-order valence-electron chi connectivity index (χ0n) is 16.2. The minimum absolute atomic E-state index is 0.0656. The Kier molecular flexibility index (Phi) is 7.23. The van der Waals surface area contributed by atoms with Gasteiger partial charge in [0.2, 0.25) is 5.91 Å². The number of nitrogens with one attached hydrogen (secondary N) is 3. The summed E-state index contributed by atoms with van der Waals surface area (Å²) in [5.41, 5.74) is 2.52. The zero-order valence-corrected chi connectivity index (χ0v) is 16.2. The molecule has 0 radical (unpaired) electrons. The smallest absolute Gasteiger partial charge is 0.315 e. The highest BCUT2D eigenvalue weighted by Crippen LogP contribution is 2.20. The van der Waals surface area contributed by atoms with E-state index in [0.29, 0.717) is 12.2 Å². The van der Waals surface area contributed by atoms with E-state index in [9.17, 15) is 9.59 Å². The maximum atomic E-state index is 12.3. The number of rotatable bonds is 7. The van der Waals surface area contributed by atoms with Gasteiger partial charge >= 0.3 is 6.03 Å². The first-order valence-corrected chi connectivity index (χ1v) is 9.01. The van der Waals surface area contributed by atoms with Crippen molar-refractivity contribution < 1.29 is 14.3 Å². The van der Waals surface area contributed by atoms with Gasteiger partial charge in [0.25, 0.3) is 0 Å². The molecule has 0 spiro atoms. The third-order valence-electron chi connectivity index (χ3n) is 3.83. The summed E-state index contributed by atoms with van der Waals surface area (Å²) in [4.78, 5) is 23.4. The molecular formula is C21H27N3O3. The van der Waals surface area contributed by atoms with Crippen LogP contribution >= 0.6 is 0 Å². The Morgan fingerprint density at radius 1 is 1.04 bits per heavy atom. The number of ether oxygens (including phenoxy) is 1. The number of para-hydroxylation sites is 1. The minimum Gasteiger partial charge on any atom is -0.491 e. The molecule has 2 rings (SSSR count). The summed E-state index contributed by atoms with van der Waals surface area (Å²) in [6.07, 6.45) is 0.0656. The topological polar surface area (TPSA) is 79.5 Å². The Hall–Kier alpha value is -3.02. The van der Waals surface area contributed by atoms with Gasteiger partial charge in [-0.3, -0.25) is 4.79 Å². The molecule has 3 N–H and O–H groups in total. The molecule has 0 saturated carbocycles. The monoisotopic (exact) mass is 369 g/mol. The number of carbonyl (C=O) groups is 2. The number of anilines is 1. The number of benzene rings is 2. The first-order valence-electron chi connectivity index (χ1n) is 9.01. The summed E-state index contributed by atoms with van der Waals surface area (Å²) in [6, 6.07) is 14.6. The third kappa shape index (κ3) is 6.66. The van der Waals surface area contributed by atoms with Crippen LogP contribution in [0.5, 0.6) is 5.75 Å². The molecule has 2 aromatic carbocycles. The lowest BCUT2D eigenvalue weighted by Gasteiger charge is -2.17. The summed E-state index contributed by atoms with van der Waals surface area (Å²) in [5.74, 6) is 0.636. The van der Waals surface area contributed by atoms with E-state index in [1.165, 1.54) is 6.92 Å². The van der Waals surface area contributed by atoms with Gasteiger partial charge in [-0.05, 0) is 44.5 Å². The van der Waals surface area contributed by atoms with E-state index in [1.54, 1.807) is 0 Å². The number of hydrogen-bond donors (Lipinski definition) is 3. The van der Waals surface area contributed by atoms with Crippen LogP contribution in [0.4, 0.5) is 10.5 Å². The summed E-state index contributed by atoms with van der Waals surface area (Å²) in [6.45, 7) is 7.65. The van der Waals surface area contributed by atoms with Crippen molar-refractivity contribution in [3.05, 3.63) is 59.7 Å². The summed E-state index contributed by atoms with van der Waals surface area (Å²) < 4.78 is 5.77. The van der Waals surface area contributed by atoms with Crippen LogP contribution in [-0.4, -0.2) is 18.0 Å². The Morgan fingerprint density at radius 2 is 1.78 bits per heavy atom. The number of carbonyl (C=O) groups excluding carboxylic acids is 2. The van der Waals surface area contributed by atoms with Gasteiger partial charge in [-0.1, -0.05) is 30.3 Å². The molecule has 3 amide bonds. The van der Waals surface area contributed by atoms with Crippen LogP contribution in [0.25, 0.3) is 0 Å². The first kappa shape index (κ1) is 20.3. The number of hydrogen-bond acceptors (Lipinski definition) is 3. The Morgan fingerprint density at radius 3 is 2.48 bits per heavy atom. The van der Waals surface area contributed by atoms with E-state index in [2.05, 4.69) is 16.0 Å². The van der Waals surface area contributed by atoms with Crippen LogP contribution in [0, 0.1) is 0 Å². The van der Waals surface area contributed by atoms with Gasteiger partial charge in [0.1, 0.15) is 5.75 Å². The van der Waals surface area contributed by atoms with E-state index >= 15 is 0 Å². The van der Waals surface area contributed by atoms with Crippen LogP contribution in [-0.2, 0) is 11.3 Å². The van der Waals surface area contributed by atoms with Crippen molar-refractivity contribution in [1.82, 2.24) is 10.6 Å². The Labute approximate surface area is 160 Å². The lowest BCUT2D eigenvalue weighted by atomic mass is 10.1. The predicted molar refractivity (Wildman–Crippen MR) is 107 cm³/mol. The standard InChI is InChI=1S/C21H27N3O3/c1-14(2)27-20-11-6-5-8-18(20)13-22-21(26)23-15(3)17-9-7-10-19(12-17)24-16(4)25/h5-12,14-15H,13H2,1-4H3,(H,24,25)(H2,22,23,26). The molecule has 0 heterocycles. The molecule has 2 aromatic rings. The van der Waals surface area contributed by atoms with Gasteiger partial charge < -0.3 is 20.7 Å². The van der Waals surface area contributed by atoms with Gasteiger partial charge in [0.15, 0.2) is 0 Å². The average molecular weight is 369 g/mol. The number of amides is 3. The van der Waals surface area contributed by atoms with Gasteiger partial charge in [-0.2, -0.15) is 0 Å². The van der Waals surface area contributed by atoms with Crippen molar-refractivity contribution in [2.24, 2.45) is 0 Å². The maximum Gasteiger partial charge on any atom is 0.315 e. The fraction of sp³-hybridized carbons (Fsp3) is 0.333. The molecular weight excluding hydrogens is 342 g/mol. The molecule has 0 aliphatic heterocycles. The minimum atomic E-state index is -0.271. The second kappa shape index (κ2) is 9.62. The maximum absolute atomic E-state index is 12.3. The molecule has 0 aliphatic rings. The van der Waals surface area contributed by atoms with Crippen LogP contribution < -0.4 is 20.7 Å². The van der Waals surface area contributed by atoms with Crippen LogP contribution in [0.3, 0.4) is 0 Å². The molecule has 1 unspecified atom stereocenters. The highest BCUT2D eigenvalue weighted by Gasteiger charge is 2.11. The normalized spacial score (nSPS) is 11.6. The van der Waals surface area contributed by atoms with Crippen molar-refractivity contribution in [3.8, 4) is 5.75 Å². The number of urea groups is 1. The van der Waals surface area contributed by atoms with Gasteiger partial charge in [0, 0.05) is 24.7 Å². The van der Waals surface area contributed by atoms with Gasteiger partial charge in [-0.15, -0.1) is 0 Å². The first-order chi connectivity index (χ1) is 12.8. The molecule has 27 heavy (non-hydrogen) atoms. The molecule has 0 bridgehead atoms. The van der Waals surface area contributed by atoms with E-state index in [1.807, 2.05) is 69.3 Å². The average Bonchev–Trinajstić information content (AvgIpc) is 2.60. The molecule has 1 atom stereocenters. The van der Waals surface area contributed by atoms with E-state index in [-0.39, 0.29) is 24.1 Å². The lowest BCUT2D eigenvalue weighted by molar-refractivity contribution is -0.114. The SMILES string of the molecule is CC(=O)Nc1cccc(C(C)NC(=O)NCc2ccccc2OC(C)C)c1. The molecule has 6 heteroatoms. The molecule has 144 valence electrons. The predicted octanol–water partition coefficient (Wildman–Crippen LogP) is 3.99. The molecule has 0 fully saturated rings. The van der Waals surface area contributed by atoms with Crippen molar-refractivity contribution in [3.63, 3.8) is 0 Å². The van der Waals surface area contributed by atoms with Crippen molar-refractivity contribution in [2.75, 3.05) is 5.32 Å². The molecule has 6 nitrogen and oxygen atoms in total. The fourth-order valence-electron chi connectivity index (χ4n) is 2.61. The molecule has 0 saturated heterocycles. The second-order valence-corrected chi connectivity index (χ2v) is 6.63. The van der Waals surface area contributed by atoms with Gasteiger partial charge in [0.05, 0.1) is 12.1 Å². The Bertz CT molecular complexity index is 790. The third-order valence-corrected chi connectivity index (χ3v) is 3.83. The van der Waals surface area contributed by atoms with Crippen LogP contribution in [0.1, 0.15) is 44.9 Å². The summed E-state index contributed by atoms with van der Waals surface area (Å²) in [5, 5.41) is 8.50. The van der Waals surface area contributed by atoms with E-state index < -0.39 is 0 Å².